The fraction of sp³-hybridized carbons (Fsp3) is 1.00. The van der Waals surface area contributed by atoms with Gasteiger partial charge in [0.1, 0.15) is 0 Å². The molecule has 0 aromatic heterocycles. The van der Waals surface area contributed by atoms with Crippen molar-refractivity contribution in [2.75, 3.05) is 19.6 Å². The van der Waals surface area contributed by atoms with Crippen LogP contribution in [0.2, 0.25) is 0 Å². The predicted octanol–water partition coefficient (Wildman–Crippen LogP) is 3.12. The molecule has 1 saturated carbocycles. The van der Waals surface area contributed by atoms with Gasteiger partial charge in [-0.1, -0.05) is 26.7 Å². The van der Waals surface area contributed by atoms with Crippen molar-refractivity contribution in [3.8, 4) is 0 Å². The van der Waals surface area contributed by atoms with Crippen LogP contribution in [0.15, 0.2) is 0 Å². The Morgan fingerprint density at radius 2 is 1.65 bits per heavy atom. The molecular weight excluding hydrogens is 208 g/mol. The summed E-state index contributed by atoms with van der Waals surface area (Å²) in [6, 6.07) is 0.665. The van der Waals surface area contributed by atoms with E-state index in [9.17, 15) is 0 Å². The van der Waals surface area contributed by atoms with Crippen LogP contribution in [0.5, 0.6) is 0 Å². The highest BCUT2D eigenvalue weighted by Crippen LogP contribution is 2.30. The number of nitrogens with two attached hydrogens (primary N) is 1. The normalized spacial score (nSPS) is 26.1. The molecule has 0 amide bonds. The van der Waals surface area contributed by atoms with E-state index in [1.54, 1.807) is 0 Å². The maximum Gasteiger partial charge on any atom is 0.00388 e. The lowest BCUT2D eigenvalue weighted by atomic mass is 9.79. The second-order valence-electron chi connectivity index (χ2n) is 6.48. The summed E-state index contributed by atoms with van der Waals surface area (Å²) >= 11 is 0. The standard InChI is InChI=1S/C15H32N2/c1-12(2)10-17(13(3)4)11-15-8-6-5-7-14(15)9-16/h12-15H,5-11,16H2,1-4H3. The van der Waals surface area contributed by atoms with E-state index in [0.29, 0.717) is 6.04 Å². The maximum absolute atomic E-state index is 5.93. The van der Waals surface area contributed by atoms with Gasteiger partial charge in [-0.3, -0.25) is 0 Å². The molecule has 0 saturated heterocycles. The average Bonchev–Trinajstić information content (AvgIpc) is 2.28. The fourth-order valence-corrected chi connectivity index (χ4v) is 3.10. The summed E-state index contributed by atoms with van der Waals surface area (Å²) in [5.74, 6) is 2.38. The first-order valence-corrected chi connectivity index (χ1v) is 7.48. The highest BCUT2D eigenvalue weighted by molar-refractivity contribution is 4.80. The Hall–Kier alpha value is -0.0800. The zero-order chi connectivity index (χ0) is 12.8. The number of rotatable bonds is 6. The number of nitrogens with zero attached hydrogens (tertiary/aromatic N) is 1. The smallest absolute Gasteiger partial charge is 0.00388 e. The van der Waals surface area contributed by atoms with E-state index >= 15 is 0 Å². The Labute approximate surface area is 108 Å². The van der Waals surface area contributed by atoms with E-state index in [2.05, 4.69) is 32.6 Å². The van der Waals surface area contributed by atoms with Gasteiger partial charge in [0.05, 0.1) is 0 Å². The summed E-state index contributed by atoms with van der Waals surface area (Å²) in [6.07, 6.45) is 5.55. The Kier molecular flexibility index (Phi) is 6.50. The molecule has 0 aromatic carbocycles. The van der Waals surface area contributed by atoms with Crippen LogP contribution >= 0.6 is 0 Å². The summed E-state index contributed by atoms with van der Waals surface area (Å²) in [7, 11) is 0. The molecule has 0 spiro atoms. The molecule has 102 valence electrons. The van der Waals surface area contributed by atoms with Crippen molar-refractivity contribution in [2.24, 2.45) is 23.5 Å². The molecule has 1 aliphatic rings. The van der Waals surface area contributed by atoms with Crippen LogP contribution in [0.25, 0.3) is 0 Å². The minimum Gasteiger partial charge on any atom is -0.330 e. The lowest BCUT2D eigenvalue weighted by molar-refractivity contribution is 0.119. The number of hydrogen-bond donors (Lipinski definition) is 1. The van der Waals surface area contributed by atoms with Crippen molar-refractivity contribution in [3.05, 3.63) is 0 Å². The molecule has 0 aromatic rings. The molecule has 0 aliphatic heterocycles. The van der Waals surface area contributed by atoms with Gasteiger partial charge in [0.25, 0.3) is 0 Å². The Bertz CT molecular complexity index is 201. The minimum absolute atomic E-state index is 0.665. The van der Waals surface area contributed by atoms with Crippen molar-refractivity contribution < 1.29 is 0 Å². The second-order valence-corrected chi connectivity index (χ2v) is 6.48. The molecule has 2 atom stereocenters. The van der Waals surface area contributed by atoms with Crippen LogP contribution < -0.4 is 5.73 Å². The van der Waals surface area contributed by atoms with Gasteiger partial charge in [0.15, 0.2) is 0 Å². The van der Waals surface area contributed by atoms with Gasteiger partial charge < -0.3 is 10.6 Å². The Balaban J connectivity index is 2.51. The van der Waals surface area contributed by atoms with E-state index < -0.39 is 0 Å². The topological polar surface area (TPSA) is 29.3 Å². The quantitative estimate of drug-likeness (QED) is 0.773. The summed E-state index contributed by atoms with van der Waals surface area (Å²) in [6.45, 7) is 12.7. The van der Waals surface area contributed by atoms with Gasteiger partial charge in [-0.05, 0) is 51.0 Å². The van der Waals surface area contributed by atoms with Gasteiger partial charge >= 0.3 is 0 Å². The third kappa shape index (κ3) is 4.97. The van der Waals surface area contributed by atoms with Crippen LogP contribution in [0.1, 0.15) is 53.4 Å². The first-order chi connectivity index (χ1) is 8.04. The molecule has 1 rings (SSSR count). The monoisotopic (exact) mass is 240 g/mol. The van der Waals surface area contributed by atoms with Crippen LogP contribution in [-0.2, 0) is 0 Å². The predicted molar refractivity (Wildman–Crippen MR) is 76.0 cm³/mol. The third-order valence-electron chi connectivity index (χ3n) is 4.17. The van der Waals surface area contributed by atoms with Crippen molar-refractivity contribution in [2.45, 2.75) is 59.4 Å². The average molecular weight is 240 g/mol. The molecule has 2 N–H and O–H groups in total. The molecule has 2 unspecified atom stereocenters. The summed E-state index contributed by atoms with van der Waals surface area (Å²) in [5.41, 5.74) is 5.93. The lowest BCUT2D eigenvalue weighted by Crippen LogP contribution is -2.42. The molecule has 2 nitrogen and oxygen atoms in total. The molecule has 0 radical (unpaired) electrons. The van der Waals surface area contributed by atoms with Gasteiger partial charge in [-0.2, -0.15) is 0 Å². The molecular formula is C15H32N2. The van der Waals surface area contributed by atoms with E-state index in [0.717, 1.165) is 24.3 Å². The number of hydrogen-bond acceptors (Lipinski definition) is 2. The highest BCUT2D eigenvalue weighted by atomic mass is 15.1. The van der Waals surface area contributed by atoms with E-state index in [1.165, 1.54) is 38.8 Å². The van der Waals surface area contributed by atoms with Crippen molar-refractivity contribution >= 4 is 0 Å². The van der Waals surface area contributed by atoms with E-state index in [1.807, 2.05) is 0 Å². The van der Waals surface area contributed by atoms with Crippen LogP contribution in [0.3, 0.4) is 0 Å². The molecule has 0 bridgehead atoms. The van der Waals surface area contributed by atoms with Gasteiger partial charge in [-0.15, -0.1) is 0 Å². The second kappa shape index (κ2) is 7.38. The molecule has 2 heteroatoms. The molecule has 1 fully saturated rings. The van der Waals surface area contributed by atoms with Crippen LogP contribution in [-0.4, -0.2) is 30.6 Å². The SMILES string of the molecule is CC(C)CN(CC1CCCCC1CN)C(C)C. The first-order valence-electron chi connectivity index (χ1n) is 7.48. The van der Waals surface area contributed by atoms with Gasteiger partial charge in [0, 0.05) is 19.1 Å². The van der Waals surface area contributed by atoms with Crippen LogP contribution in [0.4, 0.5) is 0 Å². The van der Waals surface area contributed by atoms with E-state index in [4.69, 9.17) is 5.73 Å². The Morgan fingerprint density at radius 1 is 1.06 bits per heavy atom. The lowest BCUT2D eigenvalue weighted by Gasteiger charge is -2.37. The zero-order valence-electron chi connectivity index (χ0n) is 12.3. The van der Waals surface area contributed by atoms with E-state index in [-0.39, 0.29) is 0 Å². The largest absolute Gasteiger partial charge is 0.330 e. The first kappa shape index (κ1) is 15.0. The fourth-order valence-electron chi connectivity index (χ4n) is 3.10. The summed E-state index contributed by atoms with van der Waals surface area (Å²) in [4.78, 5) is 2.66. The molecule has 1 aliphatic carbocycles. The molecule has 17 heavy (non-hydrogen) atoms. The van der Waals surface area contributed by atoms with Crippen molar-refractivity contribution in [1.29, 1.82) is 0 Å². The van der Waals surface area contributed by atoms with Crippen LogP contribution in [0, 0.1) is 17.8 Å². The minimum atomic E-state index is 0.665. The maximum atomic E-state index is 5.93. The summed E-state index contributed by atoms with van der Waals surface area (Å²) < 4.78 is 0. The van der Waals surface area contributed by atoms with Gasteiger partial charge in [-0.25, -0.2) is 0 Å². The zero-order valence-corrected chi connectivity index (χ0v) is 12.3. The third-order valence-corrected chi connectivity index (χ3v) is 4.17. The molecule has 0 heterocycles. The summed E-state index contributed by atoms with van der Waals surface area (Å²) in [5, 5.41) is 0. The van der Waals surface area contributed by atoms with Gasteiger partial charge in [0.2, 0.25) is 0 Å². The van der Waals surface area contributed by atoms with Crippen molar-refractivity contribution in [3.63, 3.8) is 0 Å². The Morgan fingerprint density at radius 3 is 2.12 bits per heavy atom. The van der Waals surface area contributed by atoms with Crippen molar-refractivity contribution in [1.82, 2.24) is 4.90 Å². The highest BCUT2D eigenvalue weighted by Gasteiger charge is 2.26.